The molecule has 12 heavy (non-hydrogen) atoms. The molecular weight excluding hydrogens is 154 g/mol. The number of carbonyl (C=O) groups is 1. The first-order chi connectivity index (χ1) is 5.71. The number of esters is 1. The summed E-state index contributed by atoms with van der Waals surface area (Å²) in [6.07, 6.45) is 0.814. The van der Waals surface area contributed by atoms with Crippen molar-refractivity contribution in [1.82, 2.24) is 4.90 Å². The number of rotatable bonds is 5. The first-order valence-corrected chi connectivity index (χ1v) is 4.53. The first-order valence-electron chi connectivity index (χ1n) is 4.53. The van der Waals surface area contributed by atoms with E-state index in [4.69, 9.17) is 4.74 Å². The third kappa shape index (κ3) is 2.81. The highest BCUT2D eigenvalue weighted by Gasteiger charge is 2.21. The predicted octanol–water partition coefficient (Wildman–Crippen LogP) is 1.28. The molecule has 0 fully saturated rings. The lowest BCUT2D eigenvalue weighted by Gasteiger charge is -2.25. The zero-order chi connectivity index (χ0) is 9.56. The monoisotopic (exact) mass is 173 g/mol. The maximum Gasteiger partial charge on any atom is 0.323 e. The van der Waals surface area contributed by atoms with Crippen LogP contribution in [0, 0.1) is 0 Å². The van der Waals surface area contributed by atoms with E-state index < -0.39 is 0 Å². The van der Waals surface area contributed by atoms with Gasteiger partial charge in [0.05, 0.1) is 7.11 Å². The van der Waals surface area contributed by atoms with E-state index in [0.717, 1.165) is 19.5 Å². The van der Waals surface area contributed by atoms with Gasteiger partial charge in [-0.25, -0.2) is 0 Å². The molecule has 0 heterocycles. The molecule has 0 aliphatic rings. The lowest BCUT2D eigenvalue weighted by atomic mass is 10.2. The van der Waals surface area contributed by atoms with Crippen molar-refractivity contribution in [2.24, 2.45) is 0 Å². The maximum absolute atomic E-state index is 11.2. The normalized spacial score (nSPS) is 13.1. The van der Waals surface area contributed by atoms with Crippen molar-refractivity contribution in [3.05, 3.63) is 0 Å². The second kappa shape index (κ2) is 6.00. The van der Waals surface area contributed by atoms with Crippen molar-refractivity contribution in [1.29, 1.82) is 0 Å². The molecule has 3 heteroatoms. The van der Waals surface area contributed by atoms with Crippen LogP contribution in [0.1, 0.15) is 27.2 Å². The van der Waals surface area contributed by atoms with Gasteiger partial charge in [0.15, 0.2) is 0 Å². The van der Waals surface area contributed by atoms with E-state index in [9.17, 15) is 4.79 Å². The van der Waals surface area contributed by atoms with Gasteiger partial charge in [0.1, 0.15) is 6.04 Å². The van der Waals surface area contributed by atoms with Crippen LogP contribution < -0.4 is 0 Å². The second-order valence-electron chi connectivity index (χ2n) is 2.67. The molecule has 0 radical (unpaired) electrons. The number of nitrogens with zero attached hydrogens (tertiary/aromatic N) is 1. The van der Waals surface area contributed by atoms with Crippen molar-refractivity contribution >= 4 is 5.97 Å². The SMILES string of the molecule is CCC(C(=O)OC)N(CC)CC. The average molecular weight is 173 g/mol. The molecule has 1 atom stereocenters. The Hall–Kier alpha value is -0.570. The molecule has 0 aromatic carbocycles. The van der Waals surface area contributed by atoms with Crippen molar-refractivity contribution < 1.29 is 9.53 Å². The highest BCUT2D eigenvalue weighted by Crippen LogP contribution is 2.05. The summed E-state index contributed by atoms with van der Waals surface area (Å²) in [4.78, 5) is 13.3. The second-order valence-corrected chi connectivity index (χ2v) is 2.67. The summed E-state index contributed by atoms with van der Waals surface area (Å²) in [7, 11) is 1.44. The quantitative estimate of drug-likeness (QED) is 0.586. The van der Waals surface area contributed by atoms with Crippen LogP contribution in [-0.4, -0.2) is 37.1 Å². The fourth-order valence-corrected chi connectivity index (χ4v) is 1.37. The van der Waals surface area contributed by atoms with Gasteiger partial charge >= 0.3 is 5.97 Å². The van der Waals surface area contributed by atoms with Crippen molar-refractivity contribution in [3.8, 4) is 0 Å². The number of ether oxygens (including phenoxy) is 1. The van der Waals surface area contributed by atoms with Crippen molar-refractivity contribution in [2.75, 3.05) is 20.2 Å². The maximum atomic E-state index is 11.2. The molecular formula is C9H19NO2. The fourth-order valence-electron chi connectivity index (χ4n) is 1.37. The molecule has 1 unspecified atom stereocenters. The molecule has 3 nitrogen and oxygen atoms in total. The van der Waals surface area contributed by atoms with Crippen LogP contribution in [-0.2, 0) is 9.53 Å². The lowest BCUT2D eigenvalue weighted by Crippen LogP contribution is -2.41. The summed E-state index contributed by atoms with van der Waals surface area (Å²) >= 11 is 0. The van der Waals surface area contributed by atoms with Crippen LogP contribution in [0.4, 0.5) is 0 Å². The third-order valence-corrected chi connectivity index (χ3v) is 2.11. The van der Waals surface area contributed by atoms with Crippen LogP contribution >= 0.6 is 0 Å². The van der Waals surface area contributed by atoms with Crippen molar-refractivity contribution in [2.45, 2.75) is 33.2 Å². The molecule has 0 N–H and O–H groups in total. The van der Waals surface area contributed by atoms with E-state index in [1.165, 1.54) is 7.11 Å². The zero-order valence-electron chi connectivity index (χ0n) is 8.46. The Kier molecular flexibility index (Phi) is 5.72. The summed E-state index contributed by atoms with van der Waals surface area (Å²) in [5, 5.41) is 0. The minimum Gasteiger partial charge on any atom is -0.468 e. The molecule has 0 amide bonds. The van der Waals surface area contributed by atoms with Gasteiger partial charge < -0.3 is 4.74 Å². The molecule has 0 aliphatic heterocycles. The van der Waals surface area contributed by atoms with E-state index in [0.29, 0.717) is 0 Å². The minimum atomic E-state index is -0.124. The van der Waals surface area contributed by atoms with E-state index in [-0.39, 0.29) is 12.0 Å². The molecule has 0 spiro atoms. The predicted molar refractivity (Wildman–Crippen MR) is 49.0 cm³/mol. The Morgan fingerprint density at radius 3 is 2.08 bits per heavy atom. The molecule has 0 saturated carbocycles. The van der Waals surface area contributed by atoms with E-state index in [2.05, 4.69) is 18.7 Å². The molecule has 0 aromatic rings. The van der Waals surface area contributed by atoms with Gasteiger partial charge in [-0.3, -0.25) is 9.69 Å². The lowest BCUT2D eigenvalue weighted by molar-refractivity contribution is -0.147. The highest BCUT2D eigenvalue weighted by molar-refractivity contribution is 5.75. The van der Waals surface area contributed by atoms with Crippen molar-refractivity contribution in [3.63, 3.8) is 0 Å². The molecule has 0 saturated heterocycles. The molecule has 0 aromatic heterocycles. The van der Waals surface area contributed by atoms with Gasteiger partial charge in [-0.1, -0.05) is 20.8 Å². The number of likely N-dealkylation sites (N-methyl/N-ethyl adjacent to an activating group) is 1. The fraction of sp³-hybridized carbons (Fsp3) is 0.889. The van der Waals surface area contributed by atoms with Crippen LogP contribution in [0.15, 0.2) is 0 Å². The molecule has 0 aliphatic carbocycles. The van der Waals surface area contributed by atoms with Gasteiger partial charge in [0.25, 0.3) is 0 Å². The summed E-state index contributed by atoms with van der Waals surface area (Å²) in [5.41, 5.74) is 0. The van der Waals surface area contributed by atoms with Crippen LogP contribution in [0.3, 0.4) is 0 Å². The Morgan fingerprint density at radius 1 is 1.33 bits per heavy atom. The minimum absolute atomic E-state index is 0.0648. The molecule has 0 rings (SSSR count). The van der Waals surface area contributed by atoms with Gasteiger partial charge in [-0.05, 0) is 19.5 Å². The number of hydrogen-bond donors (Lipinski definition) is 0. The number of carbonyl (C=O) groups excluding carboxylic acids is 1. The topological polar surface area (TPSA) is 29.5 Å². The largest absolute Gasteiger partial charge is 0.468 e. The van der Waals surface area contributed by atoms with Gasteiger partial charge in [0, 0.05) is 0 Å². The summed E-state index contributed by atoms with van der Waals surface area (Å²) in [6.45, 7) is 7.89. The third-order valence-electron chi connectivity index (χ3n) is 2.11. The summed E-state index contributed by atoms with van der Waals surface area (Å²) < 4.78 is 4.71. The average Bonchev–Trinajstić information content (AvgIpc) is 2.12. The standard InChI is InChI=1S/C9H19NO2/c1-5-8(9(11)12-4)10(6-2)7-3/h8H,5-7H2,1-4H3. The molecule has 72 valence electrons. The smallest absolute Gasteiger partial charge is 0.323 e. The van der Waals surface area contributed by atoms with E-state index >= 15 is 0 Å². The van der Waals surface area contributed by atoms with Crippen LogP contribution in [0.25, 0.3) is 0 Å². The van der Waals surface area contributed by atoms with Gasteiger partial charge in [0.2, 0.25) is 0 Å². The zero-order valence-corrected chi connectivity index (χ0v) is 8.46. The Labute approximate surface area is 74.7 Å². The summed E-state index contributed by atoms with van der Waals surface area (Å²) in [5.74, 6) is -0.124. The Balaban J connectivity index is 4.19. The Morgan fingerprint density at radius 2 is 1.83 bits per heavy atom. The Bertz CT molecular complexity index is 132. The van der Waals surface area contributed by atoms with Crippen LogP contribution in [0.5, 0.6) is 0 Å². The van der Waals surface area contributed by atoms with Gasteiger partial charge in [-0.15, -0.1) is 0 Å². The number of methoxy groups -OCH3 is 1. The van der Waals surface area contributed by atoms with Crippen LogP contribution in [0.2, 0.25) is 0 Å². The highest BCUT2D eigenvalue weighted by atomic mass is 16.5. The number of hydrogen-bond acceptors (Lipinski definition) is 3. The summed E-state index contributed by atoms with van der Waals surface area (Å²) in [6, 6.07) is -0.0648. The van der Waals surface area contributed by atoms with Gasteiger partial charge in [-0.2, -0.15) is 0 Å². The van der Waals surface area contributed by atoms with E-state index in [1.807, 2.05) is 6.92 Å². The molecule has 0 bridgehead atoms. The first kappa shape index (κ1) is 11.4. The van der Waals surface area contributed by atoms with E-state index in [1.54, 1.807) is 0 Å².